The van der Waals surface area contributed by atoms with Crippen molar-refractivity contribution in [2.45, 2.75) is 25.4 Å². The van der Waals surface area contributed by atoms with Gasteiger partial charge in [-0.05, 0) is 56.1 Å². The highest BCUT2D eigenvalue weighted by Gasteiger charge is 2.32. The van der Waals surface area contributed by atoms with E-state index in [0.717, 1.165) is 44.6 Å². The smallest absolute Gasteiger partial charge is 0.230 e. The molecule has 0 spiro atoms. The van der Waals surface area contributed by atoms with Gasteiger partial charge in [-0.1, -0.05) is 30.3 Å². The minimum atomic E-state index is -0.702. The van der Waals surface area contributed by atoms with Gasteiger partial charge in [0.15, 0.2) is 11.6 Å². The molecule has 1 atom stereocenters. The van der Waals surface area contributed by atoms with Gasteiger partial charge in [-0.3, -0.25) is 4.79 Å². The van der Waals surface area contributed by atoms with Gasteiger partial charge in [0, 0.05) is 24.7 Å². The lowest BCUT2D eigenvalue weighted by Crippen LogP contribution is -2.45. The number of fused-ring (bicyclic) bond motifs is 1. The molecular weight excluding hydrogens is 371 g/mol. The third-order valence-corrected chi connectivity index (χ3v) is 5.83. The number of halogens is 1. The molecule has 4 rings (SSSR count). The number of β-amino-alcohol motifs (C(OH)–C–C–N with tert-alkyl or cyclic N) is 1. The summed E-state index contributed by atoms with van der Waals surface area (Å²) in [5.41, 5.74) is 2.30. The van der Waals surface area contributed by atoms with Crippen molar-refractivity contribution in [1.29, 1.82) is 0 Å². The predicted molar refractivity (Wildman–Crippen MR) is 110 cm³/mol. The monoisotopic (exact) mass is 398 g/mol. The normalized spacial score (nSPS) is 18.5. The SMILES string of the molecule is O=C(C1CCN(CC(O)COc2ccccc2F)CC1)N1CCc2ccccc21. The van der Waals surface area contributed by atoms with Crippen LogP contribution < -0.4 is 9.64 Å². The Kier molecular flexibility index (Phi) is 6.11. The minimum Gasteiger partial charge on any atom is -0.488 e. The van der Waals surface area contributed by atoms with Crippen molar-refractivity contribution < 1.29 is 19.0 Å². The number of piperidine rings is 1. The minimum absolute atomic E-state index is 0.0317. The molecule has 29 heavy (non-hydrogen) atoms. The van der Waals surface area contributed by atoms with E-state index in [-0.39, 0.29) is 24.2 Å². The first-order valence-corrected chi connectivity index (χ1v) is 10.3. The number of hydrogen-bond donors (Lipinski definition) is 1. The molecule has 2 aromatic carbocycles. The summed E-state index contributed by atoms with van der Waals surface area (Å²) in [6, 6.07) is 14.3. The Balaban J connectivity index is 1.23. The van der Waals surface area contributed by atoms with Crippen LogP contribution in [0.25, 0.3) is 0 Å². The highest BCUT2D eigenvalue weighted by molar-refractivity contribution is 5.97. The fourth-order valence-electron chi connectivity index (χ4n) is 4.25. The van der Waals surface area contributed by atoms with Gasteiger partial charge in [0.25, 0.3) is 0 Å². The van der Waals surface area contributed by atoms with Gasteiger partial charge in [-0.15, -0.1) is 0 Å². The van der Waals surface area contributed by atoms with E-state index < -0.39 is 11.9 Å². The topological polar surface area (TPSA) is 53.0 Å². The summed E-state index contributed by atoms with van der Waals surface area (Å²) in [5, 5.41) is 10.2. The van der Waals surface area contributed by atoms with Crippen LogP contribution in [0.5, 0.6) is 5.75 Å². The van der Waals surface area contributed by atoms with E-state index in [4.69, 9.17) is 4.74 Å². The number of carbonyl (C=O) groups is 1. The molecule has 0 saturated carbocycles. The first kappa shape index (κ1) is 19.9. The van der Waals surface area contributed by atoms with Crippen molar-refractivity contribution in [2.75, 3.05) is 37.7 Å². The quantitative estimate of drug-likeness (QED) is 0.813. The summed E-state index contributed by atoms with van der Waals surface area (Å²) in [6.45, 7) is 2.81. The molecule has 6 heteroatoms. The largest absolute Gasteiger partial charge is 0.488 e. The maximum absolute atomic E-state index is 13.6. The van der Waals surface area contributed by atoms with E-state index in [1.807, 2.05) is 23.1 Å². The summed E-state index contributed by atoms with van der Waals surface area (Å²) < 4.78 is 19.0. The third-order valence-electron chi connectivity index (χ3n) is 5.83. The van der Waals surface area contributed by atoms with Crippen LogP contribution in [0.1, 0.15) is 18.4 Å². The molecule has 2 aliphatic rings. The molecule has 2 heterocycles. The lowest BCUT2D eigenvalue weighted by atomic mass is 9.95. The van der Waals surface area contributed by atoms with E-state index in [1.165, 1.54) is 11.6 Å². The second-order valence-electron chi connectivity index (χ2n) is 7.84. The Morgan fingerprint density at radius 2 is 1.83 bits per heavy atom. The molecule has 0 aromatic heterocycles. The fraction of sp³-hybridized carbons (Fsp3) is 0.435. The van der Waals surface area contributed by atoms with E-state index in [1.54, 1.807) is 18.2 Å². The number of carbonyl (C=O) groups excluding carboxylic acids is 1. The molecule has 1 saturated heterocycles. The average molecular weight is 398 g/mol. The third kappa shape index (κ3) is 4.60. The first-order valence-electron chi connectivity index (χ1n) is 10.3. The van der Waals surface area contributed by atoms with Crippen molar-refractivity contribution in [3.63, 3.8) is 0 Å². The van der Waals surface area contributed by atoms with Crippen LogP contribution >= 0.6 is 0 Å². The van der Waals surface area contributed by atoms with Crippen molar-refractivity contribution in [3.8, 4) is 5.75 Å². The van der Waals surface area contributed by atoms with Gasteiger partial charge in [0.05, 0.1) is 0 Å². The number of hydrogen-bond acceptors (Lipinski definition) is 4. The lowest BCUT2D eigenvalue weighted by molar-refractivity contribution is -0.123. The van der Waals surface area contributed by atoms with Gasteiger partial charge in [-0.2, -0.15) is 0 Å². The van der Waals surface area contributed by atoms with Gasteiger partial charge in [0.1, 0.15) is 12.7 Å². The average Bonchev–Trinajstić information content (AvgIpc) is 3.17. The Morgan fingerprint density at radius 3 is 2.62 bits per heavy atom. The number of anilines is 1. The molecule has 1 fully saturated rings. The van der Waals surface area contributed by atoms with Crippen LogP contribution in [0, 0.1) is 11.7 Å². The predicted octanol–water partition coefficient (Wildman–Crippen LogP) is 2.87. The molecule has 5 nitrogen and oxygen atoms in total. The van der Waals surface area contributed by atoms with Crippen molar-refractivity contribution in [2.24, 2.45) is 5.92 Å². The molecule has 1 unspecified atom stereocenters. The zero-order chi connectivity index (χ0) is 20.2. The van der Waals surface area contributed by atoms with Crippen molar-refractivity contribution in [1.82, 2.24) is 4.90 Å². The zero-order valence-electron chi connectivity index (χ0n) is 16.5. The van der Waals surface area contributed by atoms with Crippen LogP contribution in [-0.2, 0) is 11.2 Å². The van der Waals surface area contributed by atoms with Crippen LogP contribution in [0.3, 0.4) is 0 Å². The van der Waals surface area contributed by atoms with E-state index in [0.29, 0.717) is 6.54 Å². The number of amides is 1. The number of benzene rings is 2. The number of rotatable bonds is 6. The zero-order valence-corrected chi connectivity index (χ0v) is 16.5. The Labute approximate surface area is 170 Å². The molecule has 0 radical (unpaired) electrons. The Hall–Kier alpha value is -2.44. The molecule has 1 amide bonds. The van der Waals surface area contributed by atoms with Crippen molar-refractivity contribution in [3.05, 3.63) is 59.9 Å². The molecular formula is C23H27FN2O3. The number of ether oxygens (including phenoxy) is 1. The standard InChI is InChI=1S/C23H27FN2O3/c24-20-6-2-4-8-22(20)29-16-19(27)15-25-12-9-18(10-13-25)23(28)26-14-11-17-5-1-3-7-21(17)26/h1-8,18-19,27H,9-16H2. The number of nitrogens with zero attached hydrogens (tertiary/aromatic N) is 2. The van der Waals surface area contributed by atoms with Gasteiger partial charge in [-0.25, -0.2) is 4.39 Å². The molecule has 1 N–H and O–H groups in total. The van der Waals surface area contributed by atoms with E-state index >= 15 is 0 Å². The first-order chi connectivity index (χ1) is 14.1. The van der Waals surface area contributed by atoms with Crippen LogP contribution in [0.4, 0.5) is 10.1 Å². The molecule has 0 aliphatic carbocycles. The Morgan fingerprint density at radius 1 is 1.10 bits per heavy atom. The maximum atomic E-state index is 13.6. The molecule has 2 aromatic rings. The molecule has 0 bridgehead atoms. The summed E-state index contributed by atoms with van der Waals surface area (Å²) in [4.78, 5) is 17.1. The number of para-hydroxylation sites is 2. The lowest BCUT2D eigenvalue weighted by Gasteiger charge is -2.34. The summed E-state index contributed by atoms with van der Waals surface area (Å²) in [6.07, 6.45) is 1.80. The second-order valence-corrected chi connectivity index (χ2v) is 7.84. The van der Waals surface area contributed by atoms with Crippen LogP contribution in [-0.4, -0.2) is 54.8 Å². The van der Waals surface area contributed by atoms with Crippen molar-refractivity contribution >= 4 is 11.6 Å². The summed E-state index contributed by atoms with van der Waals surface area (Å²) in [7, 11) is 0. The van der Waals surface area contributed by atoms with E-state index in [9.17, 15) is 14.3 Å². The second kappa shape index (κ2) is 8.93. The van der Waals surface area contributed by atoms with Crippen LogP contribution in [0.2, 0.25) is 0 Å². The van der Waals surface area contributed by atoms with Gasteiger partial charge in [0.2, 0.25) is 5.91 Å². The molecule has 2 aliphatic heterocycles. The highest BCUT2D eigenvalue weighted by Crippen LogP contribution is 2.31. The summed E-state index contributed by atoms with van der Waals surface area (Å²) in [5.74, 6) is -0.0217. The van der Waals surface area contributed by atoms with Crippen LogP contribution in [0.15, 0.2) is 48.5 Å². The number of aliphatic hydroxyl groups is 1. The molecule has 154 valence electrons. The summed E-state index contributed by atoms with van der Waals surface area (Å²) >= 11 is 0. The van der Waals surface area contributed by atoms with E-state index in [2.05, 4.69) is 11.0 Å². The highest BCUT2D eigenvalue weighted by atomic mass is 19.1. The Bertz CT molecular complexity index is 852. The van der Waals surface area contributed by atoms with Gasteiger partial charge < -0.3 is 19.6 Å². The fourth-order valence-corrected chi connectivity index (χ4v) is 4.25. The van der Waals surface area contributed by atoms with Gasteiger partial charge >= 0.3 is 0 Å². The number of aliphatic hydroxyl groups excluding tert-OH is 1. The maximum Gasteiger partial charge on any atom is 0.230 e. The number of likely N-dealkylation sites (tertiary alicyclic amines) is 1.